The third kappa shape index (κ3) is 9.82. The van der Waals surface area contributed by atoms with Gasteiger partial charge in [0, 0.05) is 47.5 Å². The number of benzene rings is 4. The number of hydrogen-bond acceptors (Lipinski definition) is 22. The lowest BCUT2D eigenvalue weighted by Gasteiger charge is -2.40. The number of carbonyl (C=O) groups is 2. The van der Waals surface area contributed by atoms with Gasteiger partial charge in [-0.15, -0.1) is 0 Å². The number of aliphatic hydroxyl groups is 6. The van der Waals surface area contributed by atoms with Crippen LogP contribution in [0, 0.1) is 0 Å². The van der Waals surface area contributed by atoms with Crippen LogP contribution in [-0.4, -0.2) is 138 Å². The summed E-state index contributed by atoms with van der Waals surface area (Å²) < 4.78 is 44.3. The van der Waals surface area contributed by atoms with E-state index in [-0.39, 0.29) is 56.5 Å². The molecule has 0 bridgehead atoms. The Labute approximate surface area is 374 Å². The van der Waals surface area contributed by atoms with E-state index in [0.29, 0.717) is 11.1 Å². The first-order valence-corrected chi connectivity index (χ1v) is 20.2. The number of phenolic OH excluding ortho intramolecular Hbond substituents is 4. The molecule has 2 saturated heterocycles. The van der Waals surface area contributed by atoms with Crippen molar-refractivity contribution in [3.05, 3.63) is 105 Å². The van der Waals surface area contributed by atoms with Crippen molar-refractivity contribution in [1.29, 1.82) is 0 Å². The van der Waals surface area contributed by atoms with E-state index in [1.54, 1.807) is 0 Å². The van der Waals surface area contributed by atoms with Gasteiger partial charge in [0.2, 0.25) is 12.6 Å². The lowest BCUT2D eigenvalue weighted by molar-refractivity contribution is -0.279. The molecule has 10 N–H and O–H groups in total. The summed E-state index contributed by atoms with van der Waals surface area (Å²) in [5.74, 6) is -4.01. The standard InChI is InChI=1S/C45H40O22/c46-20-5-1-18(2-6-20)26-13-24(50)36-28(62-26)9-22(48)11-30(36)64-44-42(58)40(56)38(54)32(66-44)16-60-34(52)15-35(53)61-17-33-39(55)41(57)43(59)45(67-33)65-31-12-23(49)10-29-37(31)25(51)14-27(63-29)19-3-7-21(47)8-4-19/h1-14,32-33,38-49,54-59H,15-17H2. The van der Waals surface area contributed by atoms with E-state index in [0.717, 1.165) is 36.4 Å². The van der Waals surface area contributed by atoms with Crippen LogP contribution in [0.3, 0.4) is 0 Å². The van der Waals surface area contributed by atoms with E-state index in [2.05, 4.69) is 0 Å². The molecule has 4 heterocycles. The van der Waals surface area contributed by atoms with E-state index in [4.69, 9.17) is 37.3 Å². The molecule has 10 unspecified atom stereocenters. The molecule has 22 nitrogen and oxygen atoms in total. The summed E-state index contributed by atoms with van der Waals surface area (Å²) in [5.41, 5.74) is -0.794. The van der Waals surface area contributed by atoms with Gasteiger partial charge in [-0.05, 0) is 48.5 Å². The largest absolute Gasteiger partial charge is 0.508 e. The minimum atomic E-state index is -1.97. The molecule has 2 aliphatic rings. The third-order valence-corrected chi connectivity index (χ3v) is 10.8. The van der Waals surface area contributed by atoms with Crippen molar-refractivity contribution < 1.29 is 97.9 Å². The van der Waals surface area contributed by atoms with Gasteiger partial charge in [0.1, 0.15) is 136 Å². The minimum Gasteiger partial charge on any atom is -0.508 e. The Morgan fingerprint density at radius 2 is 0.851 bits per heavy atom. The molecule has 0 spiro atoms. The number of carbonyl (C=O) groups excluding carboxylic acids is 2. The van der Waals surface area contributed by atoms with Crippen LogP contribution in [0.2, 0.25) is 0 Å². The summed E-state index contributed by atoms with van der Waals surface area (Å²) in [6.45, 7) is -1.66. The molecule has 67 heavy (non-hydrogen) atoms. The molecule has 0 amide bonds. The molecule has 4 aromatic carbocycles. The fourth-order valence-corrected chi connectivity index (χ4v) is 7.32. The highest BCUT2D eigenvalue weighted by Crippen LogP contribution is 2.36. The number of rotatable bonds is 12. The van der Waals surface area contributed by atoms with Crippen molar-refractivity contribution in [2.45, 2.75) is 67.8 Å². The van der Waals surface area contributed by atoms with E-state index in [1.165, 1.54) is 48.5 Å². The molecule has 10 atom stereocenters. The average Bonchev–Trinajstić information content (AvgIpc) is 3.28. The zero-order valence-electron chi connectivity index (χ0n) is 34.3. The van der Waals surface area contributed by atoms with Crippen LogP contribution < -0.4 is 20.3 Å². The summed E-state index contributed by atoms with van der Waals surface area (Å²) in [5, 5.41) is 104. The van der Waals surface area contributed by atoms with Crippen LogP contribution in [0.15, 0.2) is 103 Å². The third-order valence-electron chi connectivity index (χ3n) is 10.8. The summed E-state index contributed by atoms with van der Waals surface area (Å²) >= 11 is 0. The molecule has 0 aliphatic carbocycles. The Morgan fingerprint density at radius 1 is 0.478 bits per heavy atom. The van der Waals surface area contributed by atoms with Gasteiger partial charge in [-0.25, -0.2) is 0 Å². The van der Waals surface area contributed by atoms with Crippen LogP contribution in [0.1, 0.15) is 6.42 Å². The molecule has 352 valence electrons. The summed E-state index contributed by atoms with van der Waals surface area (Å²) in [7, 11) is 0. The predicted octanol–water partition coefficient (Wildman–Crippen LogP) is 0.605. The highest BCUT2D eigenvalue weighted by molar-refractivity contribution is 5.91. The van der Waals surface area contributed by atoms with Crippen molar-refractivity contribution >= 4 is 33.9 Å². The Kier molecular flexibility index (Phi) is 13.1. The number of aliphatic hydroxyl groups excluding tert-OH is 6. The van der Waals surface area contributed by atoms with Crippen LogP contribution >= 0.6 is 0 Å². The van der Waals surface area contributed by atoms with E-state index in [1.807, 2.05) is 0 Å². The van der Waals surface area contributed by atoms with Crippen LogP contribution in [0.25, 0.3) is 44.6 Å². The minimum absolute atomic E-state index is 0.0322. The number of fused-ring (bicyclic) bond motifs is 2. The van der Waals surface area contributed by atoms with Gasteiger partial charge >= 0.3 is 11.9 Å². The van der Waals surface area contributed by atoms with Crippen LogP contribution in [-0.2, 0) is 28.5 Å². The maximum absolute atomic E-state index is 13.3. The first kappa shape index (κ1) is 46.3. The van der Waals surface area contributed by atoms with Gasteiger partial charge in [0.05, 0.1) is 0 Å². The number of hydrogen-bond donors (Lipinski definition) is 10. The Hall–Kier alpha value is -7.28. The van der Waals surface area contributed by atoms with Gasteiger partial charge in [-0.3, -0.25) is 19.2 Å². The second-order valence-electron chi connectivity index (χ2n) is 15.5. The van der Waals surface area contributed by atoms with Crippen molar-refractivity contribution in [2.24, 2.45) is 0 Å². The van der Waals surface area contributed by atoms with Gasteiger partial charge in [0.25, 0.3) is 0 Å². The van der Waals surface area contributed by atoms with Gasteiger partial charge in [-0.1, -0.05) is 0 Å². The number of esters is 2. The van der Waals surface area contributed by atoms with E-state index < -0.39 is 115 Å². The first-order valence-electron chi connectivity index (χ1n) is 20.2. The average molecular weight is 933 g/mol. The fraction of sp³-hybridized carbons (Fsp3) is 0.289. The van der Waals surface area contributed by atoms with Crippen LogP contribution in [0.4, 0.5) is 0 Å². The maximum atomic E-state index is 13.3. The highest BCUT2D eigenvalue weighted by Gasteiger charge is 2.47. The lowest BCUT2D eigenvalue weighted by atomic mass is 9.99. The smallest absolute Gasteiger partial charge is 0.317 e. The molecular formula is C45H40O22. The molecule has 0 radical (unpaired) electrons. The monoisotopic (exact) mass is 932 g/mol. The molecule has 2 fully saturated rings. The fourth-order valence-electron chi connectivity index (χ4n) is 7.32. The topological polar surface area (TPSA) is 352 Å². The predicted molar refractivity (Wildman–Crippen MR) is 224 cm³/mol. The molecule has 8 rings (SSSR count). The molecule has 6 aromatic rings. The SMILES string of the molecule is O=C(CC(=O)OCC1OC(Oc2cc(O)cc3oc(-c4ccc(O)cc4)cc(=O)c23)C(O)C(O)C1O)OCC1OC(Oc2cc(O)cc3oc(-c4ccc(O)cc4)cc(=O)c23)C(O)C(O)C1O. The van der Waals surface area contributed by atoms with E-state index >= 15 is 0 Å². The quantitative estimate of drug-likeness (QED) is 0.0593. The summed E-state index contributed by atoms with van der Waals surface area (Å²) in [6, 6.07) is 17.9. The van der Waals surface area contributed by atoms with Crippen molar-refractivity contribution in [1.82, 2.24) is 0 Å². The van der Waals surface area contributed by atoms with Gasteiger partial charge in [-0.2, -0.15) is 0 Å². The zero-order chi connectivity index (χ0) is 47.8. The number of phenols is 4. The van der Waals surface area contributed by atoms with Gasteiger partial charge in [0.15, 0.2) is 10.9 Å². The zero-order valence-corrected chi connectivity index (χ0v) is 34.3. The molecular weight excluding hydrogens is 892 g/mol. The first-order chi connectivity index (χ1) is 31.9. The number of ether oxygens (including phenoxy) is 6. The highest BCUT2D eigenvalue weighted by atomic mass is 16.7. The van der Waals surface area contributed by atoms with Crippen LogP contribution in [0.5, 0.6) is 34.5 Å². The maximum Gasteiger partial charge on any atom is 0.317 e. The molecule has 22 heteroatoms. The molecule has 2 aliphatic heterocycles. The molecule has 2 aromatic heterocycles. The second-order valence-corrected chi connectivity index (χ2v) is 15.5. The number of aromatic hydroxyl groups is 4. The van der Waals surface area contributed by atoms with Gasteiger partial charge < -0.3 is 88.3 Å². The lowest BCUT2D eigenvalue weighted by Crippen LogP contribution is -2.60. The normalized spacial score (nSPS) is 25.1. The van der Waals surface area contributed by atoms with Crippen molar-refractivity contribution in [3.8, 4) is 57.1 Å². The Balaban J connectivity index is 0.879. The summed E-state index contributed by atoms with van der Waals surface area (Å²) in [4.78, 5) is 52.0. The Bertz CT molecular complexity index is 2710. The molecule has 0 saturated carbocycles. The Morgan fingerprint density at radius 3 is 1.22 bits per heavy atom. The van der Waals surface area contributed by atoms with Crippen molar-refractivity contribution in [3.63, 3.8) is 0 Å². The summed E-state index contributed by atoms with van der Waals surface area (Å²) in [6.07, 6.45) is -19.6. The van der Waals surface area contributed by atoms with E-state index in [9.17, 15) is 70.2 Å². The second kappa shape index (κ2) is 18.9. The van der Waals surface area contributed by atoms with Crippen molar-refractivity contribution in [2.75, 3.05) is 13.2 Å².